The van der Waals surface area contributed by atoms with E-state index in [0.717, 1.165) is 4.88 Å². The zero-order valence-corrected chi connectivity index (χ0v) is 13.0. The third-order valence-electron chi connectivity index (χ3n) is 3.35. The van der Waals surface area contributed by atoms with Gasteiger partial charge in [0.25, 0.3) is 0 Å². The number of hydrogen-bond acceptors (Lipinski definition) is 4. The predicted octanol–water partition coefficient (Wildman–Crippen LogP) is 1.95. The van der Waals surface area contributed by atoms with Crippen LogP contribution in [0, 0.1) is 0 Å². The summed E-state index contributed by atoms with van der Waals surface area (Å²) in [5.74, 6) is 0. The largest absolute Gasteiger partial charge is 0.489 e. The Labute approximate surface area is 109 Å². The van der Waals surface area contributed by atoms with Gasteiger partial charge in [0.2, 0.25) is 0 Å². The molecule has 96 valence electrons. The second-order valence-electron chi connectivity index (χ2n) is 5.77. The summed E-state index contributed by atoms with van der Waals surface area (Å²) in [6.45, 7) is 11.6. The molecule has 0 atom stereocenters. The third-order valence-corrected chi connectivity index (χ3v) is 8.76. The highest BCUT2D eigenvalue weighted by atomic mass is 32.1. The van der Waals surface area contributed by atoms with Crippen LogP contribution in [-0.4, -0.2) is 25.5 Å². The first-order valence-electron chi connectivity index (χ1n) is 5.71. The summed E-state index contributed by atoms with van der Waals surface area (Å²) in [5, 5.41) is 20.0. The van der Waals surface area contributed by atoms with Gasteiger partial charge in [-0.05, 0) is 35.0 Å². The van der Waals surface area contributed by atoms with E-state index in [1.165, 1.54) is 11.3 Å². The van der Waals surface area contributed by atoms with Crippen molar-refractivity contribution in [3.63, 3.8) is 0 Å². The zero-order chi connectivity index (χ0) is 13.3. The maximum Gasteiger partial charge on any atom is 0.489 e. The quantitative estimate of drug-likeness (QED) is 0.824. The Kier molecular flexibility index (Phi) is 4.60. The molecule has 0 radical (unpaired) electrons. The van der Waals surface area contributed by atoms with Gasteiger partial charge in [-0.3, -0.25) is 0 Å². The molecule has 6 heteroatoms. The first-order valence-corrected chi connectivity index (χ1v) is 9.50. The molecule has 0 aliphatic heterocycles. The Hall–Kier alpha value is -0.138. The van der Waals surface area contributed by atoms with Gasteiger partial charge in [0.05, 0.1) is 6.61 Å². The van der Waals surface area contributed by atoms with Gasteiger partial charge in [-0.15, -0.1) is 11.3 Å². The molecule has 0 spiro atoms. The van der Waals surface area contributed by atoms with Gasteiger partial charge in [0.15, 0.2) is 8.32 Å². The highest BCUT2D eigenvalue weighted by molar-refractivity contribution is 7.11. The molecule has 1 rings (SSSR count). The Morgan fingerprint density at radius 3 is 2.35 bits per heavy atom. The van der Waals surface area contributed by atoms with E-state index in [4.69, 9.17) is 14.5 Å². The molecule has 1 heterocycles. The van der Waals surface area contributed by atoms with Gasteiger partial charge in [-0.25, -0.2) is 0 Å². The fraction of sp³-hybridized carbons (Fsp3) is 0.636. The van der Waals surface area contributed by atoms with Crippen molar-refractivity contribution in [2.75, 3.05) is 0 Å². The number of hydrogen-bond donors (Lipinski definition) is 2. The van der Waals surface area contributed by atoms with Crippen LogP contribution < -0.4 is 5.46 Å². The van der Waals surface area contributed by atoms with Crippen LogP contribution in [0.2, 0.25) is 18.1 Å². The second kappa shape index (κ2) is 5.24. The third kappa shape index (κ3) is 3.93. The highest BCUT2D eigenvalue weighted by Crippen LogP contribution is 2.37. The Morgan fingerprint density at radius 1 is 1.35 bits per heavy atom. The monoisotopic (exact) mass is 272 g/mol. The molecular weight excluding hydrogens is 251 g/mol. The normalized spacial score (nSPS) is 12.9. The van der Waals surface area contributed by atoms with E-state index in [9.17, 15) is 0 Å². The summed E-state index contributed by atoms with van der Waals surface area (Å²) in [7, 11) is -3.11. The van der Waals surface area contributed by atoms with Crippen molar-refractivity contribution in [2.45, 2.75) is 45.5 Å². The van der Waals surface area contributed by atoms with Crippen molar-refractivity contribution >= 4 is 32.2 Å². The van der Waals surface area contributed by atoms with Crippen LogP contribution in [0.5, 0.6) is 0 Å². The second-order valence-corrected chi connectivity index (χ2v) is 11.6. The van der Waals surface area contributed by atoms with Crippen molar-refractivity contribution < 1.29 is 14.5 Å². The maximum atomic E-state index is 9.02. The standard InChI is InChI=1S/C11H21BO3SSi/c1-11(2,3)17(4,5)15-7-10-6-9(8-16-10)12(13)14/h6,8,13-14H,7H2,1-5H3. The molecule has 0 fully saturated rings. The molecule has 0 bridgehead atoms. The smallest absolute Gasteiger partial charge is 0.423 e. The Morgan fingerprint density at radius 2 is 1.94 bits per heavy atom. The lowest BCUT2D eigenvalue weighted by atomic mass is 9.83. The first kappa shape index (κ1) is 14.9. The van der Waals surface area contributed by atoms with E-state index < -0.39 is 15.4 Å². The summed E-state index contributed by atoms with van der Waals surface area (Å²) in [4.78, 5) is 1.04. The summed E-state index contributed by atoms with van der Waals surface area (Å²) < 4.78 is 6.06. The summed E-state index contributed by atoms with van der Waals surface area (Å²) >= 11 is 1.51. The van der Waals surface area contributed by atoms with Crippen LogP contribution in [0.3, 0.4) is 0 Å². The molecule has 0 aromatic carbocycles. The topological polar surface area (TPSA) is 49.7 Å². The van der Waals surface area contributed by atoms with Crippen molar-refractivity contribution in [3.8, 4) is 0 Å². The van der Waals surface area contributed by atoms with E-state index in [0.29, 0.717) is 12.1 Å². The lowest BCUT2D eigenvalue weighted by molar-refractivity contribution is 0.279. The molecule has 17 heavy (non-hydrogen) atoms. The van der Waals surface area contributed by atoms with Crippen molar-refractivity contribution in [1.29, 1.82) is 0 Å². The zero-order valence-electron chi connectivity index (χ0n) is 11.2. The molecule has 0 aliphatic rings. The van der Waals surface area contributed by atoms with Crippen molar-refractivity contribution in [2.24, 2.45) is 0 Å². The lowest BCUT2D eigenvalue weighted by Crippen LogP contribution is -2.40. The van der Waals surface area contributed by atoms with Crippen LogP contribution in [0.4, 0.5) is 0 Å². The number of rotatable bonds is 4. The Balaban J connectivity index is 2.61. The van der Waals surface area contributed by atoms with E-state index in [2.05, 4.69) is 33.9 Å². The minimum absolute atomic E-state index is 0.198. The van der Waals surface area contributed by atoms with Gasteiger partial charge >= 0.3 is 7.12 Å². The van der Waals surface area contributed by atoms with Crippen LogP contribution >= 0.6 is 11.3 Å². The minimum Gasteiger partial charge on any atom is -0.423 e. The molecule has 1 aromatic heterocycles. The van der Waals surface area contributed by atoms with E-state index in [1.54, 1.807) is 11.4 Å². The van der Waals surface area contributed by atoms with Gasteiger partial charge in [0.1, 0.15) is 0 Å². The number of thiophene rings is 1. The molecule has 0 amide bonds. The summed E-state index contributed by atoms with van der Waals surface area (Å²) in [5.41, 5.74) is 0.545. The molecule has 3 nitrogen and oxygen atoms in total. The van der Waals surface area contributed by atoms with Gasteiger partial charge in [-0.1, -0.05) is 20.8 Å². The average molecular weight is 272 g/mol. The lowest BCUT2D eigenvalue weighted by Gasteiger charge is -2.36. The molecular formula is C11H21BO3SSi. The highest BCUT2D eigenvalue weighted by Gasteiger charge is 2.37. The van der Waals surface area contributed by atoms with Crippen LogP contribution in [-0.2, 0) is 11.0 Å². The first-order chi connectivity index (χ1) is 7.63. The van der Waals surface area contributed by atoms with Gasteiger partial charge < -0.3 is 14.5 Å². The molecule has 2 N–H and O–H groups in total. The molecule has 0 unspecified atom stereocenters. The van der Waals surface area contributed by atoms with Crippen LogP contribution in [0.1, 0.15) is 25.6 Å². The fourth-order valence-corrected chi connectivity index (χ4v) is 2.94. The molecule has 0 saturated carbocycles. The summed E-state index contributed by atoms with van der Waals surface area (Å²) in [6.07, 6.45) is 0. The Bertz CT molecular complexity index is 371. The van der Waals surface area contributed by atoms with Gasteiger partial charge in [0, 0.05) is 4.88 Å². The predicted molar refractivity (Wildman–Crippen MR) is 76.1 cm³/mol. The van der Waals surface area contributed by atoms with E-state index >= 15 is 0 Å². The molecule has 0 aliphatic carbocycles. The SMILES string of the molecule is CC(C)(C)[Si](C)(C)OCc1cc(B(O)O)cs1. The molecule has 1 aromatic rings. The van der Waals surface area contributed by atoms with Gasteiger partial charge in [-0.2, -0.15) is 0 Å². The average Bonchev–Trinajstić information content (AvgIpc) is 2.61. The van der Waals surface area contributed by atoms with E-state index in [-0.39, 0.29) is 5.04 Å². The van der Waals surface area contributed by atoms with Crippen LogP contribution in [0.25, 0.3) is 0 Å². The van der Waals surface area contributed by atoms with Crippen molar-refractivity contribution in [3.05, 3.63) is 16.3 Å². The maximum absolute atomic E-state index is 9.02. The fourth-order valence-electron chi connectivity index (χ4n) is 1.08. The minimum atomic E-state index is -1.72. The van der Waals surface area contributed by atoms with Crippen molar-refractivity contribution in [1.82, 2.24) is 0 Å². The van der Waals surface area contributed by atoms with Crippen LogP contribution in [0.15, 0.2) is 11.4 Å². The summed E-state index contributed by atoms with van der Waals surface area (Å²) in [6, 6.07) is 1.79. The molecule has 0 saturated heterocycles. The van der Waals surface area contributed by atoms with E-state index in [1.807, 2.05) is 0 Å².